The molecule has 0 saturated carbocycles. The number of aromatic nitrogens is 1. The maximum atomic E-state index is 11.5. The summed E-state index contributed by atoms with van der Waals surface area (Å²) in [4.78, 5) is 14.6. The van der Waals surface area contributed by atoms with Crippen LogP contribution in [0.2, 0.25) is 0 Å². The lowest BCUT2D eigenvalue weighted by atomic mass is 10.2. The van der Waals surface area contributed by atoms with Gasteiger partial charge in [0.05, 0.1) is 0 Å². The van der Waals surface area contributed by atoms with Crippen molar-refractivity contribution in [2.75, 3.05) is 0 Å². The van der Waals surface area contributed by atoms with Gasteiger partial charge in [-0.2, -0.15) is 0 Å². The van der Waals surface area contributed by atoms with Crippen molar-refractivity contribution in [3.63, 3.8) is 0 Å². The minimum Gasteiger partial charge on any atom is -0.361 e. The molecular formula is C12H15NO. The molecule has 2 nitrogen and oxygen atoms in total. The summed E-state index contributed by atoms with van der Waals surface area (Å²) in [6.07, 6.45) is 1.74. The summed E-state index contributed by atoms with van der Waals surface area (Å²) >= 11 is 0. The zero-order valence-electron chi connectivity index (χ0n) is 8.79. The standard InChI is InChI=1S/C10H9NO.C2H6/c1-7-6-11-9-5-3-2-4-8(9)10(7)12;1-2/h2-6H,1H3,(H,11,12);1-2H3. The molecule has 0 aliphatic rings. The molecular weight excluding hydrogens is 174 g/mol. The van der Waals surface area contributed by atoms with Crippen LogP contribution in [0.25, 0.3) is 10.9 Å². The first kappa shape index (κ1) is 10.5. The molecule has 1 N–H and O–H groups in total. The maximum absolute atomic E-state index is 11.5. The average Bonchev–Trinajstić information content (AvgIpc) is 2.27. The second-order valence-corrected chi connectivity index (χ2v) is 2.85. The van der Waals surface area contributed by atoms with Crippen molar-refractivity contribution in [2.24, 2.45) is 0 Å². The van der Waals surface area contributed by atoms with Crippen LogP contribution in [0, 0.1) is 6.92 Å². The molecule has 2 rings (SSSR count). The van der Waals surface area contributed by atoms with E-state index in [2.05, 4.69) is 4.98 Å². The molecule has 0 radical (unpaired) electrons. The molecule has 1 aromatic carbocycles. The summed E-state index contributed by atoms with van der Waals surface area (Å²) < 4.78 is 0. The molecule has 0 bridgehead atoms. The lowest BCUT2D eigenvalue weighted by Crippen LogP contribution is -2.05. The summed E-state index contributed by atoms with van der Waals surface area (Å²) in [5.74, 6) is 0. The van der Waals surface area contributed by atoms with Crippen LogP contribution in [0.5, 0.6) is 0 Å². The van der Waals surface area contributed by atoms with E-state index >= 15 is 0 Å². The SMILES string of the molecule is CC.Cc1c[nH]c2ccccc2c1=O. The molecule has 2 aromatic rings. The van der Waals surface area contributed by atoms with E-state index in [9.17, 15) is 4.79 Å². The van der Waals surface area contributed by atoms with Crippen molar-refractivity contribution < 1.29 is 0 Å². The Labute approximate surface area is 83.6 Å². The van der Waals surface area contributed by atoms with Gasteiger partial charge in [0.2, 0.25) is 0 Å². The largest absolute Gasteiger partial charge is 0.361 e. The number of hydrogen-bond donors (Lipinski definition) is 1. The summed E-state index contributed by atoms with van der Waals surface area (Å²) in [5.41, 5.74) is 1.77. The predicted molar refractivity (Wildman–Crippen MR) is 60.7 cm³/mol. The molecule has 14 heavy (non-hydrogen) atoms. The first-order valence-corrected chi connectivity index (χ1v) is 4.86. The molecule has 0 aliphatic carbocycles. The van der Waals surface area contributed by atoms with Gasteiger partial charge < -0.3 is 4.98 Å². The van der Waals surface area contributed by atoms with Gasteiger partial charge in [0.15, 0.2) is 5.43 Å². The number of rotatable bonds is 0. The van der Waals surface area contributed by atoms with Crippen LogP contribution >= 0.6 is 0 Å². The van der Waals surface area contributed by atoms with Crippen molar-refractivity contribution in [1.29, 1.82) is 0 Å². The summed E-state index contributed by atoms with van der Waals surface area (Å²) in [5, 5.41) is 0.762. The van der Waals surface area contributed by atoms with E-state index in [1.54, 1.807) is 6.20 Å². The number of aromatic amines is 1. The second kappa shape index (κ2) is 4.61. The highest BCUT2D eigenvalue weighted by Gasteiger charge is 1.98. The van der Waals surface area contributed by atoms with Crippen LogP contribution in [0.4, 0.5) is 0 Å². The van der Waals surface area contributed by atoms with Gasteiger partial charge in [-0.1, -0.05) is 26.0 Å². The van der Waals surface area contributed by atoms with Crippen molar-refractivity contribution in [3.05, 3.63) is 46.2 Å². The Morgan fingerprint density at radius 1 is 1.14 bits per heavy atom. The van der Waals surface area contributed by atoms with E-state index in [1.807, 2.05) is 45.0 Å². The normalized spacial score (nSPS) is 9.36. The first-order chi connectivity index (χ1) is 6.79. The number of fused-ring (bicyclic) bond motifs is 1. The monoisotopic (exact) mass is 189 g/mol. The maximum Gasteiger partial charge on any atom is 0.192 e. The van der Waals surface area contributed by atoms with E-state index in [0.717, 1.165) is 16.5 Å². The van der Waals surface area contributed by atoms with Gasteiger partial charge in [-0.25, -0.2) is 0 Å². The minimum atomic E-state index is 0.115. The van der Waals surface area contributed by atoms with Gasteiger partial charge in [-0.15, -0.1) is 0 Å². The number of hydrogen-bond acceptors (Lipinski definition) is 1. The van der Waals surface area contributed by atoms with E-state index < -0.39 is 0 Å². The Balaban J connectivity index is 0.000000461. The van der Waals surface area contributed by atoms with Crippen LogP contribution in [0.3, 0.4) is 0 Å². The topological polar surface area (TPSA) is 32.9 Å². The number of aryl methyl sites for hydroxylation is 1. The zero-order valence-corrected chi connectivity index (χ0v) is 8.79. The van der Waals surface area contributed by atoms with Gasteiger partial charge in [0.25, 0.3) is 0 Å². The van der Waals surface area contributed by atoms with E-state index in [4.69, 9.17) is 0 Å². The Morgan fingerprint density at radius 2 is 1.79 bits per heavy atom. The van der Waals surface area contributed by atoms with Crippen LogP contribution in [-0.4, -0.2) is 4.98 Å². The van der Waals surface area contributed by atoms with Crippen molar-refractivity contribution >= 4 is 10.9 Å². The fourth-order valence-corrected chi connectivity index (χ4v) is 1.27. The Morgan fingerprint density at radius 3 is 2.50 bits per heavy atom. The fourth-order valence-electron chi connectivity index (χ4n) is 1.27. The van der Waals surface area contributed by atoms with Gasteiger partial charge in [-0.3, -0.25) is 4.79 Å². The Kier molecular flexibility index (Phi) is 3.46. The highest BCUT2D eigenvalue weighted by atomic mass is 16.1. The molecule has 2 heteroatoms. The number of pyridine rings is 1. The highest BCUT2D eigenvalue weighted by Crippen LogP contribution is 2.05. The molecule has 0 atom stereocenters. The molecule has 0 unspecified atom stereocenters. The lowest BCUT2D eigenvalue weighted by molar-refractivity contribution is 1.30. The van der Waals surface area contributed by atoms with Crippen molar-refractivity contribution in [1.82, 2.24) is 4.98 Å². The summed E-state index contributed by atoms with van der Waals surface area (Å²) in [7, 11) is 0. The third kappa shape index (κ3) is 1.84. The molecule has 0 saturated heterocycles. The zero-order chi connectivity index (χ0) is 10.6. The summed E-state index contributed by atoms with van der Waals surface area (Å²) in [6.45, 7) is 5.81. The molecule has 1 aromatic heterocycles. The van der Waals surface area contributed by atoms with E-state index in [-0.39, 0.29) is 5.43 Å². The van der Waals surface area contributed by atoms with E-state index in [0.29, 0.717) is 0 Å². The molecule has 0 fully saturated rings. The lowest BCUT2D eigenvalue weighted by Gasteiger charge is -1.96. The van der Waals surface area contributed by atoms with Crippen molar-refractivity contribution in [3.8, 4) is 0 Å². The van der Waals surface area contributed by atoms with Gasteiger partial charge >= 0.3 is 0 Å². The molecule has 74 valence electrons. The third-order valence-corrected chi connectivity index (χ3v) is 1.97. The summed E-state index contributed by atoms with van der Waals surface area (Å²) in [6, 6.07) is 7.52. The van der Waals surface area contributed by atoms with Gasteiger partial charge in [-0.05, 0) is 19.1 Å². The van der Waals surface area contributed by atoms with E-state index in [1.165, 1.54) is 0 Å². The minimum absolute atomic E-state index is 0.115. The number of H-pyrrole nitrogens is 1. The van der Waals surface area contributed by atoms with Crippen LogP contribution in [0.1, 0.15) is 19.4 Å². The van der Waals surface area contributed by atoms with Crippen LogP contribution < -0.4 is 5.43 Å². The quantitative estimate of drug-likeness (QED) is 0.679. The van der Waals surface area contributed by atoms with Crippen LogP contribution in [0.15, 0.2) is 35.3 Å². The third-order valence-electron chi connectivity index (χ3n) is 1.97. The molecule has 1 heterocycles. The Hall–Kier alpha value is -1.57. The number of para-hydroxylation sites is 1. The fraction of sp³-hybridized carbons (Fsp3) is 0.250. The molecule has 0 spiro atoms. The molecule has 0 aliphatic heterocycles. The first-order valence-electron chi connectivity index (χ1n) is 4.86. The number of benzene rings is 1. The van der Waals surface area contributed by atoms with Gasteiger partial charge in [0.1, 0.15) is 0 Å². The highest BCUT2D eigenvalue weighted by molar-refractivity contribution is 5.78. The smallest absolute Gasteiger partial charge is 0.192 e. The van der Waals surface area contributed by atoms with Gasteiger partial charge in [0, 0.05) is 22.7 Å². The predicted octanol–water partition coefficient (Wildman–Crippen LogP) is 2.86. The number of nitrogens with one attached hydrogen (secondary N) is 1. The van der Waals surface area contributed by atoms with Crippen molar-refractivity contribution in [2.45, 2.75) is 20.8 Å². The molecule has 0 amide bonds. The van der Waals surface area contributed by atoms with Crippen LogP contribution in [-0.2, 0) is 0 Å². The Bertz CT molecular complexity index is 471. The second-order valence-electron chi connectivity index (χ2n) is 2.85. The average molecular weight is 189 g/mol.